The Labute approximate surface area is 152 Å². The summed E-state index contributed by atoms with van der Waals surface area (Å²) in [4.78, 5) is 12.5. The third kappa shape index (κ3) is 3.05. The van der Waals surface area contributed by atoms with Crippen molar-refractivity contribution in [2.24, 2.45) is 11.8 Å². The van der Waals surface area contributed by atoms with Crippen LogP contribution in [0.15, 0.2) is 40.8 Å². The van der Waals surface area contributed by atoms with Crippen LogP contribution in [0.25, 0.3) is 21.9 Å². The summed E-state index contributed by atoms with van der Waals surface area (Å²) in [6.45, 7) is 3.76. The Balaban J connectivity index is 0.00000182. The molecule has 0 bridgehead atoms. The number of fused-ring (bicyclic) bond motifs is 3. The van der Waals surface area contributed by atoms with E-state index in [4.69, 9.17) is 9.15 Å². The summed E-state index contributed by atoms with van der Waals surface area (Å²) in [5.41, 5.74) is 2.21. The summed E-state index contributed by atoms with van der Waals surface area (Å²) >= 11 is 0. The maximum Gasteiger partial charge on any atom is 0.227 e. The number of ether oxygens (including phenoxy) is 1. The van der Waals surface area contributed by atoms with Gasteiger partial charge in [0, 0.05) is 22.8 Å². The summed E-state index contributed by atoms with van der Waals surface area (Å²) in [7, 11) is 1.61. The number of carbonyl (C=O) groups is 1. The molecule has 6 heteroatoms. The minimum absolute atomic E-state index is 0. The van der Waals surface area contributed by atoms with Gasteiger partial charge in [-0.3, -0.25) is 4.79 Å². The highest BCUT2D eigenvalue weighted by atomic mass is 35.5. The minimum Gasteiger partial charge on any atom is -0.495 e. The van der Waals surface area contributed by atoms with Crippen LogP contribution in [0, 0.1) is 11.8 Å². The van der Waals surface area contributed by atoms with Gasteiger partial charge in [-0.15, -0.1) is 12.4 Å². The van der Waals surface area contributed by atoms with Crippen LogP contribution in [0.3, 0.4) is 0 Å². The SMILES string of the molecule is COc1cc2c(cc1NC(=O)C(C)C1CNC1)oc1ccccc12.Cl. The molecule has 3 aromatic rings. The molecule has 0 saturated carbocycles. The quantitative estimate of drug-likeness (QED) is 0.742. The van der Waals surface area contributed by atoms with Gasteiger partial charge in [-0.2, -0.15) is 0 Å². The molecular weight excluding hydrogens is 340 g/mol. The van der Waals surface area contributed by atoms with E-state index in [1.165, 1.54) is 0 Å². The molecular formula is C19H21ClN2O3. The highest BCUT2D eigenvalue weighted by Crippen LogP contribution is 2.36. The third-order valence-corrected chi connectivity index (χ3v) is 4.89. The lowest BCUT2D eigenvalue weighted by Gasteiger charge is -2.31. The van der Waals surface area contributed by atoms with E-state index in [1.807, 2.05) is 43.3 Å². The zero-order valence-corrected chi connectivity index (χ0v) is 15.0. The fourth-order valence-corrected chi connectivity index (χ4v) is 3.14. The van der Waals surface area contributed by atoms with Gasteiger partial charge in [0.2, 0.25) is 5.91 Å². The van der Waals surface area contributed by atoms with E-state index >= 15 is 0 Å². The van der Waals surface area contributed by atoms with E-state index in [0.717, 1.165) is 35.0 Å². The largest absolute Gasteiger partial charge is 0.495 e. The molecule has 1 amide bonds. The Morgan fingerprint density at radius 3 is 2.68 bits per heavy atom. The molecule has 1 atom stereocenters. The number of carbonyl (C=O) groups excluding carboxylic acids is 1. The topological polar surface area (TPSA) is 63.5 Å². The fourth-order valence-electron chi connectivity index (χ4n) is 3.14. The lowest BCUT2D eigenvalue weighted by atomic mass is 9.88. The molecule has 1 saturated heterocycles. The van der Waals surface area contributed by atoms with Gasteiger partial charge in [0.25, 0.3) is 0 Å². The molecule has 132 valence electrons. The summed E-state index contributed by atoms with van der Waals surface area (Å²) < 4.78 is 11.4. The predicted molar refractivity (Wildman–Crippen MR) is 102 cm³/mol. The van der Waals surface area contributed by atoms with Crippen LogP contribution < -0.4 is 15.4 Å². The number of anilines is 1. The molecule has 25 heavy (non-hydrogen) atoms. The number of furan rings is 1. The summed E-state index contributed by atoms with van der Waals surface area (Å²) in [5.74, 6) is 1.00. The normalized spacial score (nSPS) is 15.4. The molecule has 0 spiro atoms. The highest BCUT2D eigenvalue weighted by Gasteiger charge is 2.29. The van der Waals surface area contributed by atoms with Gasteiger partial charge in [-0.1, -0.05) is 25.1 Å². The molecule has 2 aromatic carbocycles. The zero-order valence-electron chi connectivity index (χ0n) is 14.2. The van der Waals surface area contributed by atoms with Crippen LogP contribution >= 0.6 is 12.4 Å². The van der Waals surface area contributed by atoms with E-state index in [1.54, 1.807) is 7.11 Å². The van der Waals surface area contributed by atoms with Gasteiger partial charge in [0.05, 0.1) is 12.8 Å². The second-order valence-corrected chi connectivity index (χ2v) is 6.34. The first-order valence-electron chi connectivity index (χ1n) is 8.18. The fraction of sp³-hybridized carbons (Fsp3) is 0.316. The van der Waals surface area contributed by atoms with Crippen molar-refractivity contribution in [1.82, 2.24) is 5.32 Å². The van der Waals surface area contributed by atoms with E-state index in [2.05, 4.69) is 10.6 Å². The maximum absolute atomic E-state index is 12.5. The second kappa shape index (κ2) is 6.94. The molecule has 0 aliphatic carbocycles. The molecule has 1 aliphatic rings. The van der Waals surface area contributed by atoms with Gasteiger partial charge in [-0.05, 0) is 31.1 Å². The Hall–Kier alpha value is -2.24. The molecule has 4 rings (SSSR count). The van der Waals surface area contributed by atoms with Crippen molar-refractivity contribution in [3.8, 4) is 5.75 Å². The molecule has 2 N–H and O–H groups in total. The van der Waals surface area contributed by atoms with E-state index in [-0.39, 0.29) is 24.2 Å². The van der Waals surface area contributed by atoms with Crippen LogP contribution in [0.1, 0.15) is 6.92 Å². The van der Waals surface area contributed by atoms with Gasteiger partial charge in [0.15, 0.2) is 0 Å². The third-order valence-electron chi connectivity index (χ3n) is 4.89. The number of rotatable bonds is 4. The number of halogens is 1. The van der Waals surface area contributed by atoms with Crippen molar-refractivity contribution >= 4 is 45.9 Å². The molecule has 1 unspecified atom stereocenters. The number of methoxy groups -OCH3 is 1. The van der Waals surface area contributed by atoms with Gasteiger partial charge < -0.3 is 19.8 Å². The first-order valence-corrected chi connectivity index (χ1v) is 8.18. The maximum atomic E-state index is 12.5. The van der Waals surface area contributed by atoms with E-state index < -0.39 is 0 Å². The summed E-state index contributed by atoms with van der Waals surface area (Å²) in [6.07, 6.45) is 0. The van der Waals surface area contributed by atoms with E-state index in [0.29, 0.717) is 17.4 Å². The lowest BCUT2D eigenvalue weighted by molar-refractivity contribution is -0.121. The minimum atomic E-state index is -0.0395. The van der Waals surface area contributed by atoms with Crippen molar-refractivity contribution in [1.29, 1.82) is 0 Å². The van der Waals surface area contributed by atoms with Crippen molar-refractivity contribution in [3.05, 3.63) is 36.4 Å². The van der Waals surface area contributed by atoms with Crippen molar-refractivity contribution in [2.45, 2.75) is 6.92 Å². The first kappa shape index (κ1) is 17.6. The summed E-state index contributed by atoms with van der Waals surface area (Å²) in [5, 5.41) is 8.22. The number of nitrogens with one attached hydrogen (secondary N) is 2. The van der Waals surface area contributed by atoms with Crippen molar-refractivity contribution < 1.29 is 13.9 Å². The average molecular weight is 361 g/mol. The monoisotopic (exact) mass is 360 g/mol. The van der Waals surface area contributed by atoms with Crippen molar-refractivity contribution in [2.75, 3.05) is 25.5 Å². The summed E-state index contributed by atoms with van der Waals surface area (Å²) in [6, 6.07) is 11.6. The number of hydrogen-bond acceptors (Lipinski definition) is 4. The number of hydrogen-bond donors (Lipinski definition) is 2. The van der Waals surface area contributed by atoms with Crippen LogP contribution in [-0.4, -0.2) is 26.1 Å². The van der Waals surface area contributed by atoms with Gasteiger partial charge in [0.1, 0.15) is 16.9 Å². The first-order chi connectivity index (χ1) is 11.7. The molecule has 2 heterocycles. The molecule has 0 radical (unpaired) electrons. The van der Waals surface area contributed by atoms with Crippen LogP contribution in [0.4, 0.5) is 5.69 Å². The smallest absolute Gasteiger partial charge is 0.227 e. The van der Waals surface area contributed by atoms with Crippen LogP contribution in [0.5, 0.6) is 5.75 Å². The van der Waals surface area contributed by atoms with Crippen LogP contribution in [-0.2, 0) is 4.79 Å². The van der Waals surface area contributed by atoms with Gasteiger partial charge >= 0.3 is 0 Å². The molecule has 1 aliphatic heterocycles. The number of para-hydroxylation sites is 1. The standard InChI is InChI=1S/C19H20N2O3.ClH/c1-11(12-9-20-10-12)19(22)21-15-8-17-14(7-18(15)23-2)13-5-3-4-6-16(13)24-17;/h3-8,11-12,20H,9-10H2,1-2H3,(H,21,22);1H. The number of benzene rings is 2. The predicted octanol–water partition coefficient (Wildman–Crippen LogP) is 3.81. The molecule has 1 fully saturated rings. The zero-order chi connectivity index (χ0) is 16.7. The Morgan fingerprint density at radius 2 is 2.00 bits per heavy atom. The van der Waals surface area contributed by atoms with Crippen molar-refractivity contribution in [3.63, 3.8) is 0 Å². The molecule has 5 nitrogen and oxygen atoms in total. The van der Waals surface area contributed by atoms with Gasteiger partial charge in [-0.25, -0.2) is 0 Å². The second-order valence-electron chi connectivity index (χ2n) is 6.34. The molecule has 1 aromatic heterocycles. The lowest BCUT2D eigenvalue weighted by Crippen LogP contribution is -2.48. The average Bonchev–Trinajstić information content (AvgIpc) is 2.89. The highest BCUT2D eigenvalue weighted by molar-refractivity contribution is 6.07. The Kier molecular flexibility index (Phi) is 4.88. The number of amides is 1. The van der Waals surface area contributed by atoms with E-state index in [9.17, 15) is 4.79 Å². The Morgan fingerprint density at radius 1 is 1.24 bits per heavy atom. The van der Waals surface area contributed by atoms with Crippen LogP contribution in [0.2, 0.25) is 0 Å². The Bertz CT molecular complexity index is 918.